The summed E-state index contributed by atoms with van der Waals surface area (Å²) >= 11 is 0. The molecule has 5 rings (SSSR count). The summed E-state index contributed by atoms with van der Waals surface area (Å²) in [6, 6.07) is 1.57. The van der Waals surface area contributed by atoms with E-state index in [1.54, 1.807) is 0 Å². The Labute approximate surface area is 310 Å². The van der Waals surface area contributed by atoms with Gasteiger partial charge in [0.1, 0.15) is 6.10 Å². The van der Waals surface area contributed by atoms with Gasteiger partial charge in [-0.25, -0.2) is 0 Å². The first kappa shape index (κ1) is 47.2. The second-order valence-electron chi connectivity index (χ2n) is 15.0. The van der Waals surface area contributed by atoms with Crippen molar-refractivity contribution in [2.24, 2.45) is 11.8 Å². The molecule has 0 saturated carbocycles. The third-order valence-corrected chi connectivity index (χ3v) is 15.2. The number of aliphatic hydroxyl groups is 2. The Morgan fingerprint density at radius 3 is 1.67 bits per heavy atom. The predicted octanol–water partition coefficient (Wildman–Crippen LogP) is 3.55. The molecule has 0 aromatic rings. The lowest BCUT2D eigenvalue weighted by molar-refractivity contribution is 0.00507. The Morgan fingerprint density at radius 1 is 0.765 bits per heavy atom. The molecule has 0 radical (unpaired) electrons. The number of ether oxygens (including phenoxy) is 2. The van der Waals surface area contributed by atoms with Crippen LogP contribution in [0.4, 0.5) is 0 Å². The maximum absolute atomic E-state index is 9.10. The fourth-order valence-corrected chi connectivity index (χ4v) is 13.0. The molecule has 4 N–H and O–H groups in total. The van der Waals surface area contributed by atoms with E-state index in [9.17, 15) is 0 Å². The SMILES string of the molecule is C.CC(C)CCB(O)O.CC(C)CCB1OCC(COCCC[Si]23OC(C)C(O2)C(C)O3)O1.CC1O[Si]2(CCCOCC(O)CO)OC(C)C1O2. The highest BCUT2D eigenvalue weighted by atomic mass is 28.4. The van der Waals surface area contributed by atoms with Crippen LogP contribution in [0.3, 0.4) is 0 Å². The smallest absolute Gasteiger partial charge is 0.427 e. The largest absolute Gasteiger partial charge is 0.502 e. The van der Waals surface area contributed by atoms with Gasteiger partial charge in [-0.1, -0.05) is 48.0 Å². The van der Waals surface area contributed by atoms with Gasteiger partial charge in [-0.3, -0.25) is 0 Å². The molecular formula is C33H70B2O14Si2. The standard InChI is InChI=1S/C16H31BO6Si.C11H22O6Si.C5H13BO2.CH4/c1-12(2)6-7-17-19-11-15(20-17)10-18-8-5-9-24-21-13(3)16(23-24)14(4)22-24;1-8-11-9(2)16-18(15-8,17-11)5-3-4-14-7-10(13)6-12;1-5(2)3-4-6(7)8;/h12-16H,5-11H2,1-4H3;8-13H,3-7H2,1-2H3;5,7-8H,3-4H2,1-2H3;1H4. The maximum Gasteiger partial charge on any atom is 0.502 e. The van der Waals surface area contributed by atoms with Gasteiger partial charge in [0.2, 0.25) is 0 Å². The van der Waals surface area contributed by atoms with E-state index in [1.165, 1.54) is 0 Å². The molecule has 6 atom stereocenters. The van der Waals surface area contributed by atoms with E-state index in [-0.39, 0.29) is 70.5 Å². The minimum Gasteiger partial charge on any atom is -0.427 e. The van der Waals surface area contributed by atoms with Gasteiger partial charge >= 0.3 is 31.8 Å². The van der Waals surface area contributed by atoms with Crippen LogP contribution in [0.1, 0.15) is 88.5 Å². The normalized spacial score (nSPS) is 34.0. The Kier molecular flexibility index (Phi) is 21.4. The summed E-state index contributed by atoms with van der Waals surface area (Å²) in [6.07, 6.45) is 5.16. The zero-order chi connectivity index (χ0) is 36.9. The zero-order valence-electron chi connectivity index (χ0n) is 31.7. The van der Waals surface area contributed by atoms with Crippen LogP contribution in [-0.2, 0) is 45.3 Å². The van der Waals surface area contributed by atoms with Crippen LogP contribution in [0.5, 0.6) is 0 Å². The van der Waals surface area contributed by atoms with Crippen LogP contribution in [-0.4, -0.2) is 141 Å². The van der Waals surface area contributed by atoms with Gasteiger partial charge in [0.15, 0.2) is 0 Å². The molecule has 5 aliphatic heterocycles. The molecule has 0 aromatic heterocycles. The van der Waals surface area contributed by atoms with Gasteiger partial charge in [0.05, 0.1) is 69.2 Å². The molecule has 5 aliphatic rings. The highest BCUT2D eigenvalue weighted by Gasteiger charge is 2.61. The summed E-state index contributed by atoms with van der Waals surface area (Å²) in [5, 5.41) is 34.4. The van der Waals surface area contributed by atoms with Gasteiger partial charge in [-0.2, -0.15) is 0 Å². The van der Waals surface area contributed by atoms with Gasteiger partial charge in [-0.05, 0) is 65.0 Å². The maximum atomic E-state index is 9.10. The molecule has 5 fully saturated rings. The summed E-state index contributed by atoms with van der Waals surface area (Å²) in [5.74, 6) is 1.25. The first-order valence-electron chi connectivity index (χ1n) is 18.8. The molecule has 6 unspecified atom stereocenters. The van der Waals surface area contributed by atoms with Crippen molar-refractivity contribution in [2.45, 2.75) is 162 Å². The molecule has 0 spiro atoms. The monoisotopic (exact) mass is 768 g/mol. The third kappa shape index (κ3) is 15.9. The topological polar surface area (TPSA) is 173 Å². The van der Waals surface area contributed by atoms with Gasteiger partial charge in [0, 0.05) is 25.3 Å². The molecule has 5 heterocycles. The van der Waals surface area contributed by atoms with E-state index in [0.717, 1.165) is 44.1 Å². The second kappa shape index (κ2) is 23.2. The van der Waals surface area contributed by atoms with Crippen molar-refractivity contribution in [3.8, 4) is 0 Å². The molecule has 5 saturated heterocycles. The second-order valence-corrected chi connectivity index (χ2v) is 20.1. The fourth-order valence-electron chi connectivity index (χ4n) is 6.45. The highest BCUT2D eigenvalue weighted by molar-refractivity contribution is 6.62. The van der Waals surface area contributed by atoms with Crippen molar-refractivity contribution < 1.29 is 65.6 Å². The van der Waals surface area contributed by atoms with Crippen molar-refractivity contribution in [1.29, 1.82) is 0 Å². The van der Waals surface area contributed by atoms with Crippen molar-refractivity contribution in [2.75, 3.05) is 39.6 Å². The predicted molar refractivity (Wildman–Crippen MR) is 199 cm³/mol. The van der Waals surface area contributed by atoms with Crippen molar-refractivity contribution in [3.63, 3.8) is 0 Å². The lowest BCUT2D eigenvalue weighted by Gasteiger charge is -2.26. The molecule has 0 aliphatic carbocycles. The van der Waals surface area contributed by atoms with E-state index in [4.69, 9.17) is 65.6 Å². The summed E-state index contributed by atoms with van der Waals surface area (Å²) < 4.78 is 58.0. The van der Waals surface area contributed by atoms with Crippen molar-refractivity contribution >= 4 is 31.8 Å². The average molecular weight is 769 g/mol. The van der Waals surface area contributed by atoms with E-state index >= 15 is 0 Å². The first-order chi connectivity index (χ1) is 23.7. The number of rotatable bonds is 19. The minimum atomic E-state index is -2.44. The van der Waals surface area contributed by atoms with Crippen LogP contribution >= 0.6 is 0 Å². The van der Waals surface area contributed by atoms with E-state index in [2.05, 4.69) is 41.5 Å². The Balaban J connectivity index is 0.000000295. The van der Waals surface area contributed by atoms with Crippen molar-refractivity contribution in [3.05, 3.63) is 0 Å². The van der Waals surface area contributed by atoms with Crippen LogP contribution in [0.25, 0.3) is 0 Å². The Morgan fingerprint density at radius 2 is 1.25 bits per heavy atom. The van der Waals surface area contributed by atoms with Crippen LogP contribution in [0.2, 0.25) is 24.7 Å². The quantitative estimate of drug-likeness (QED) is 0.111. The van der Waals surface area contributed by atoms with Gasteiger partial charge < -0.3 is 65.6 Å². The molecule has 14 nitrogen and oxygen atoms in total. The number of fused-ring (bicyclic) bond motifs is 4. The fraction of sp³-hybridized carbons (Fsp3) is 1.00. The number of hydrogen-bond acceptors (Lipinski definition) is 14. The minimum absolute atomic E-state index is 0. The Bertz CT molecular complexity index is 912. The molecular weight excluding hydrogens is 698 g/mol. The zero-order valence-corrected chi connectivity index (χ0v) is 33.7. The highest BCUT2D eigenvalue weighted by Crippen LogP contribution is 2.41. The molecule has 0 aromatic carbocycles. The average Bonchev–Trinajstić information content (AvgIpc) is 3.85. The molecule has 51 heavy (non-hydrogen) atoms. The third-order valence-electron chi connectivity index (χ3n) is 9.11. The van der Waals surface area contributed by atoms with Crippen molar-refractivity contribution in [1.82, 2.24) is 0 Å². The van der Waals surface area contributed by atoms with E-state index in [0.29, 0.717) is 44.6 Å². The molecule has 18 heteroatoms. The molecule has 300 valence electrons. The van der Waals surface area contributed by atoms with E-state index < -0.39 is 30.8 Å². The summed E-state index contributed by atoms with van der Waals surface area (Å²) in [6.45, 7) is 19.0. The van der Waals surface area contributed by atoms with Gasteiger partial charge in [0.25, 0.3) is 0 Å². The van der Waals surface area contributed by atoms with E-state index in [1.807, 2.05) is 13.8 Å². The summed E-state index contributed by atoms with van der Waals surface area (Å²) in [7, 11) is -6.01. The number of hydrogen-bond donors (Lipinski definition) is 4. The summed E-state index contributed by atoms with van der Waals surface area (Å²) in [4.78, 5) is 0. The number of aliphatic hydroxyl groups excluding tert-OH is 2. The first-order valence-corrected chi connectivity index (χ1v) is 22.7. The van der Waals surface area contributed by atoms with Crippen LogP contribution in [0.15, 0.2) is 0 Å². The lowest BCUT2D eigenvalue weighted by atomic mass is 9.81. The van der Waals surface area contributed by atoms with Crippen LogP contribution < -0.4 is 0 Å². The molecule has 0 amide bonds. The lowest BCUT2D eigenvalue weighted by Crippen LogP contribution is -2.44. The Hall–Kier alpha value is 0.00364. The molecule has 4 bridgehead atoms. The summed E-state index contributed by atoms with van der Waals surface area (Å²) in [5.41, 5.74) is 0. The van der Waals surface area contributed by atoms with Gasteiger partial charge in [-0.15, -0.1) is 0 Å². The van der Waals surface area contributed by atoms with Crippen LogP contribution in [0, 0.1) is 11.8 Å².